The highest BCUT2D eigenvalue weighted by Crippen LogP contribution is 2.45. The van der Waals surface area contributed by atoms with Gasteiger partial charge in [-0.15, -0.1) is 23.5 Å². The number of hydrogen-bond donors (Lipinski definition) is 0. The van der Waals surface area contributed by atoms with E-state index in [2.05, 4.69) is 14.9 Å². The summed E-state index contributed by atoms with van der Waals surface area (Å²) in [6.45, 7) is 2.70. The molecule has 2 atom stereocenters. The molecule has 12 heteroatoms. The predicted octanol–water partition coefficient (Wildman–Crippen LogP) is 3.05. The highest BCUT2D eigenvalue weighted by molar-refractivity contribution is 8.08. The number of methoxy groups -OCH3 is 1. The first-order chi connectivity index (χ1) is 16.4. The first-order valence-electron chi connectivity index (χ1n) is 10.9. The molecule has 180 valence electrons. The molecule has 2 unspecified atom stereocenters. The summed E-state index contributed by atoms with van der Waals surface area (Å²) in [6, 6.07) is 7.09. The normalized spacial score (nSPS) is 23.9. The van der Waals surface area contributed by atoms with Crippen LogP contribution < -0.4 is 4.90 Å². The number of halogens is 1. The lowest BCUT2D eigenvalue weighted by Crippen LogP contribution is -2.49. The van der Waals surface area contributed by atoms with Crippen molar-refractivity contribution in [2.75, 3.05) is 56.7 Å². The number of carbonyl (C=O) groups excluding carboxylic acids is 2. The number of piperazine rings is 1. The van der Waals surface area contributed by atoms with Crippen molar-refractivity contribution < 1.29 is 19.1 Å². The van der Waals surface area contributed by atoms with Gasteiger partial charge in [0, 0.05) is 50.2 Å². The van der Waals surface area contributed by atoms with Crippen LogP contribution in [0.2, 0.25) is 5.15 Å². The summed E-state index contributed by atoms with van der Waals surface area (Å²) in [5.41, 5.74) is 0.420. The summed E-state index contributed by atoms with van der Waals surface area (Å²) in [5, 5.41) is 1.11. The summed E-state index contributed by atoms with van der Waals surface area (Å²) in [4.78, 5) is 42.2. The number of amides is 2. The number of hydrogen-bond acceptors (Lipinski definition) is 9. The Kier molecular flexibility index (Phi) is 6.90. The largest absolute Gasteiger partial charge is 0.420 e. The van der Waals surface area contributed by atoms with Crippen LogP contribution in [0.5, 0.6) is 0 Å². The highest BCUT2D eigenvalue weighted by Gasteiger charge is 2.46. The fraction of sp³-hybridized carbons (Fsp3) is 0.455. The van der Waals surface area contributed by atoms with E-state index in [0.717, 1.165) is 23.4 Å². The number of fused-ring (bicyclic) bond motifs is 1. The molecule has 5 rings (SSSR count). The van der Waals surface area contributed by atoms with E-state index < -0.39 is 12.3 Å². The molecule has 2 aromatic rings. The molecule has 0 aliphatic carbocycles. The van der Waals surface area contributed by atoms with Crippen molar-refractivity contribution in [3.05, 3.63) is 39.2 Å². The fourth-order valence-corrected chi connectivity index (χ4v) is 6.80. The van der Waals surface area contributed by atoms with Gasteiger partial charge < -0.3 is 19.3 Å². The second kappa shape index (κ2) is 9.90. The fourth-order valence-electron chi connectivity index (χ4n) is 3.95. The van der Waals surface area contributed by atoms with Gasteiger partial charge in [0.15, 0.2) is 5.65 Å². The lowest BCUT2D eigenvalue weighted by atomic mass is 10.3. The molecule has 0 saturated carbocycles. The number of carbonyl (C=O) groups is 2. The third kappa shape index (κ3) is 4.59. The van der Waals surface area contributed by atoms with Gasteiger partial charge in [-0.05, 0) is 31.3 Å². The van der Waals surface area contributed by atoms with E-state index in [-0.39, 0.29) is 12.0 Å². The molecule has 1 saturated heterocycles. The van der Waals surface area contributed by atoms with Crippen molar-refractivity contribution in [2.45, 2.75) is 12.3 Å². The maximum absolute atomic E-state index is 13.6. The quantitative estimate of drug-likeness (QED) is 0.565. The van der Waals surface area contributed by atoms with Crippen LogP contribution in [-0.2, 0) is 14.3 Å². The minimum atomic E-state index is -0.896. The van der Waals surface area contributed by atoms with Gasteiger partial charge in [0.1, 0.15) is 11.0 Å². The molecule has 0 spiro atoms. The summed E-state index contributed by atoms with van der Waals surface area (Å²) in [7, 11) is 3.69. The minimum absolute atomic E-state index is 0.000897. The number of anilines is 1. The molecular weight excluding hydrogens is 498 g/mol. The van der Waals surface area contributed by atoms with E-state index in [1.807, 2.05) is 19.2 Å². The summed E-state index contributed by atoms with van der Waals surface area (Å²) >= 11 is 8.99. The van der Waals surface area contributed by atoms with Crippen molar-refractivity contribution in [2.24, 2.45) is 0 Å². The molecule has 0 bridgehead atoms. The van der Waals surface area contributed by atoms with Crippen LogP contribution in [0.25, 0.3) is 11.0 Å². The van der Waals surface area contributed by atoms with E-state index in [1.54, 1.807) is 24.1 Å². The second-order valence-electron chi connectivity index (χ2n) is 8.22. The lowest BCUT2D eigenvalue weighted by molar-refractivity contribution is -0.115. The summed E-state index contributed by atoms with van der Waals surface area (Å²) < 4.78 is 11.5. The van der Waals surface area contributed by atoms with Crippen molar-refractivity contribution in [3.8, 4) is 0 Å². The molecule has 0 aromatic carbocycles. The van der Waals surface area contributed by atoms with E-state index >= 15 is 0 Å². The molecular formula is C22H24ClN5O4S2. The molecule has 1 fully saturated rings. The molecule has 5 heterocycles. The minimum Gasteiger partial charge on any atom is -0.420 e. The van der Waals surface area contributed by atoms with Gasteiger partial charge in [0.2, 0.25) is 6.23 Å². The number of nitrogens with zero attached hydrogens (tertiary/aromatic N) is 5. The Hall–Kier alpha value is -2.05. The number of rotatable bonds is 3. The average Bonchev–Trinajstić information content (AvgIpc) is 2.97. The molecule has 0 radical (unpaired) electrons. The lowest BCUT2D eigenvalue weighted by Gasteiger charge is -2.34. The molecule has 3 aliphatic rings. The summed E-state index contributed by atoms with van der Waals surface area (Å²) in [6.07, 6.45) is -1.34. The van der Waals surface area contributed by atoms with Crippen molar-refractivity contribution >= 4 is 64.0 Å². The van der Waals surface area contributed by atoms with Gasteiger partial charge >= 0.3 is 6.09 Å². The molecule has 0 N–H and O–H groups in total. The SMILES string of the molecule is COC1CSC2=C(SC1)C(OC(=O)N1CCN(C)CC1)N(c1ccc3ccc(Cl)nc3n1)C2=O. The van der Waals surface area contributed by atoms with Crippen molar-refractivity contribution in [3.63, 3.8) is 0 Å². The van der Waals surface area contributed by atoms with Crippen LogP contribution in [0.15, 0.2) is 34.1 Å². The number of ether oxygens (including phenoxy) is 2. The second-order valence-corrected chi connectivity index (χ2v) is 10.7. The molecule has 2 aromatic heterocycles. The van der Waals surface area contributed by atoms with Crippen LogP contribution in [-0.4, -0.2) is 95.9 Å². The zero-order valence-electron chi connectivity index (χ0n) is 18.8. The topological polar surface area (TPSA) is 88.1 Å². The van der Waals surface area contributed by atoms with Crippen LogP contribution in [0.1, 0.15) is 0 Å². The zero-order chi connectivity index (χ0) is 23.8. The van der Waals surface area contributed by atoms with E-state index in [1.165, 1.54) is 28.4 Å². The van der Waals surface area contributed by atoms with Gasteiger partial charge in [-0.25, -0.2) is 19.7 Å². The highest BCUT2D eigenvalue weighted by atomic mass is 35.5. The van der Waals surface area contributed by atoms with Crippen LogP contribution in [0, 0.1) is 0 Å². The number of pyridine rings is 2. The van der Waals surface area contributed by atoms with Gasteiger partial charge in [-0.3, -0.25) is 4.79 Å². The Morgan fingerprint density at radius 2 is 1.82 bits per heavy atom. The molecule has 2 amide bonds. The maximum atomic E-state index is 13.6. The Balaban J connectivity index is 1.48. The van der Waals surface area contributed by atoms with Crippen LogP contribution >= 0.6 is 35.1 Å². The van der Waals surface area contributed by atoms with E-state index in [0.29, 0.717) is 46.1 Å². The molecule has 3 aliphatic heterocycles. The standard InChI is InChI=1S/C22H24ClN5O4S2/c1-26-7-9-27(10-8-26)22(30)32-21-18-17(33-11-14(31-2)12-34-18)20(29)28(21)16-6-4-13-3-5-15(23)24-19(13)25-16/h3-6,14,21H,7-12H2,1-2H3. The number of aromatic nitrogens is 2. The Bertz CT molecular complexity index is 1160. The first kappa shape index (κ1) is 23.7. The Labute approximate surface area is 210 Å². The predicted molar refractivity (Wildman–Crippen MR) is 134 cm³/mol. The Morgan fingerprint density at radius 1 is 1.09 bits per heavy atom. The van der Waals surface area contributed by atoms with E-state index in [9.17, 15) is 9.59 Å². The van der Waals surface area contributed by atoms with Crippen molar-refractivity contribution in [1.82, 2.24) is 19.8 Å². The van der Waals surface area contributed by atoms with E-state index in [4.69, 9.17) is 21.1 Å². The third-order valence-electron chi connectivity index (χ3n) is 5.99. The molecule has 9 nitrogen and oxygen atoms in total. The van der Waals surface area contributed by atoms with Gasteiger partial charge in [0.25, 0.3) is 5.91 Å². The number of thioether (sulfide) groups is 2. The van der Waals surface area contributed by atoms with Gasteiger partial charge in [-0.1, -0.05) is 11.6 Å². The monoisotopic (exact) mass is 521 g/mol. The van der Waals surface area contributed by atoms with Crippen molar-refractivity contribution in [1.29, 1.82) is 0 Å². The third-order valence-corrected chi connectivity index (χ3v) is 8.81. The average molecular weight is 522 g/mol. The Morgan fingerprint density at radius 3 is 2.59 bits per heavy atom. The zero-order valence-corrected chi connectivity index (χ0v) is 21.2. The van der Waals surface area contributed by atoms with Gasteiger partial charge in [0.05, 0.1) is 15.9 Å². The maximum Gasteiger partial charge on any atom is 0.412 e. The summed E-state index contributed by atoms with van der Waals surface area (Å²) in [5.74, 6) is 1.42. The first-order valence-corrected chi connectivity index (χ1v) is 13.2. The smallest absolute Gasteiger partial charge is 0.412 e. The number of likely N-dealkylation sites (N-methyl/N-ethyl adjacent to an activating group) is 1. The van der Waals surface area contributed by atoms with Gasteiger partial charge in [-0.2, -0.15) is 0 Å². The van der Waals surface area contributed by atoms with Crippen LogP contribution in [0.4, 0.5) is 10.6 Å². The molecule has 34 heavy (non-hydrogen) atoms. The van der Waals surface area contributed by atoms with Crippen LogP contribution in [0.3, 0.4) is 0 Å².